The minimum absolute atomic E-state index is 0.260. The maximum absolute atomic E-state index is 11.3. The Bertz CT molecular complexity index is 330. The van der Waals surface area contributed by atoms with Gasteiger partial charge < -0.3 is 10.2 Å². The highest BCUT2D eigenvalue weighted by atomic mass is 32.2. The van der Waals surface area contributed by atoms with Crippen LogP contribution in [0, 0.1) is 0 Å². The summed E-state index contributed by atoms with van der Waals surface area (Å²) in [6.45, 7) is 0.641. The van der Waals surface area contributed by atoms with Gasteiger partial charge in [-0.25, -0.2) is 8.42 Å². The van der Waals surface area contributed by atoms with E-state index in [0.29, 0.717) is 18.6 Å². The number of hydrogen-bond donors (Lipinski definition) is 1. The second-order valence-corrected chi connectivity index (χ2v) is 7.82. The van der Waals surface area contributed by atoms with Crippen LogP contribution in [-0.4, -0.2) is 58.1 Å². The highest BCUT2D eigenvalue weighted by Crippen LogP contribution is 2.21. The first-order valence-electron chi connectivity index (χ1n) is 6.99. The lowest BCUT2D eigenvalue weighted by atomic mass is 9.91. The fraction of sp³-hybridized carbons (Fsp3) is 1.00. The summed E-state index contributed by atoms with van der Waals surface area (Å²) in [5.74, 6) is 0.260. The number of hydrogen-bond acceptors (Lipinski definition) is 4. The minimum atomic E-state index is -2.86. The molecule has 1 rings (SSSR count). The number of likely N-dealkylation sites (N-methyl/N-ethyl adjacent to an activating group) is 2. The standard InChI is InChI=1S/C13H28N2O2S/c1-14-12-8-6-4-5-7-9-13(12)15(2)10-11-18(3,16)17/h12-14H,4-11H2,1-3H3. The van der Waals surface area contributed by atoms with Crippen LogP contribution in [0.15, 0.2) is 0 Å². The fourth-order valence-electron chi connectivity index (χ4n) is 2.80. The molecule has 0 radical (unpaired) electrons. The summed E-state index contributed by atoms with van der Waals surface area (Å²) in [6, 6.07) is 0.965. The number of rotatable bonds is 5. The van der Waals surface area contributed by atoms with E-state index in [4.69, 9.17) is 0 Å². The van der Waals surface area contributed by atoms with E-state index in [1.807, 2.05) is 7.05 Å². The molecule has 0 spiro atoms. The Labute approximate surface area is 112 Å². The van der Waals surface area contributed by atoms with Gasteiger partial charge in [-0.2, -0.15) is 0 Å². The Kier molecular flexibility index (Phi) is 6.60. The van der Waals surface area contributed by atoms with E-state index < -0.39 is 9.84 Å². The van der Waals surface area contributed by atoms with Crippen molar-refractivity contribution < 1.29 is 8.42 Å². The summed E-state index contributed by atoms with van der Waals surface area (Å²) >= 11 is 0. The third-order valence-corrected chi connectivity index (χ3v) is 4.91. The SMILES string of the molecule is CNC1CCCCCCC1N(C)CCS(C)(=O)=O. The lowest BCUT2D eigenvalue weighted by Crippen LogP contribution is -2.49. The van der Waals surface area contributed by atoms with Gasteiger partial charge in [-0.3, -0.25) is 0 Å². The van der Waals surface area contributed by atoms with E-state index in [1.165, 1.54) is 44.8 Å². The zero-order valence-electron chi connectivity index (χ0n) is 12.0. The molecule has 1 aliphatic carbocycles. The van der Waals surface area contributed by atoms with Gasteiger partial charge in [0.15, 0.2) is 0 Å². The van der Waals surface area contributed by atoms with Crippen molar-refractivity contribution in [2.75, 3.05) is 32.6 Å². The fourth-order valence-corrected chi connectivity index (χ4v) is 3.42. The molecule has 2 atom stereocenters. The quantitative estimate of drug-likeness (QED) is 0.822. The van der Waals surface area contributed by atoms with Crippen molar-refractivity contribution in [2.45, 2.75) is 50.6 Å². The molecule has 4 nitrogen and oxygen atoms in total. The summed E-state index contributed by atoms with van der Waals surface area (Å²) in [7, 11) is 1.21. The Hall–Kier alpha value is -0.130. The first-order valence-corrected chi connectivity index (χ1v) is 9.05. The van der Waals surface area contributed by atoms with Crippen molar-refractivity contribution in [3.63, 3.8) is 0 Å². The number of nitrogens with one attached hydrogen (secondary N) is 1. The molecule has 1 aliphatic rings. The Morgan fingerprint density at radius 1 is 1.17 bits per heavy atom. The molecule has 18 heavy (non-hydrogen) atoms. The Balaban J connectivity index is 2.57. The third kappa shape index (κ3) is 5.67. The summed E-state index contributed by atoms with van der Waals surface area (Å²) in [5, 5.41) is 3.41. The lowest BCUT2D eigenvalue weighted by Gasteiger charge is -2.36. The van der Waals surface area contributed by atoms with Crippen molar-refractivity contribution in [1.29, 1.82) is 0 Å². The molecule has 5 heteroatoms. The van der Waals surface area contributed by atoms with Crippen molar-refractivity contribution in [2.24, 2.45) is 0 Å². The van der Waals surface area contributed by atoms with Gasteiger partial charge in [0.25, 0.3) is 0 Å². The van der Waals surface area contributed by atoms with Crippen LogP contribution in [-0.2, 0) is 9.84 Å². The first-order chi connectivity index (χ1) is 8.44. The molecule has 0 saturated heterocycles. The first kappa shape index (κ1) is 15.9. The molecule has 1 saturated carbocycles. The molecule has 1 N–H and O–H groups in total. The molecule has 0 aromatic heterocycles. The average molecular weight is 276 g/mol. The van der Waals surface area contributed by atoms with Crippen LogP contribution in [0.25, 0.3) is 0 Å². The second-order valence-electron chi connectivity index (χ2n) is 5.56. The largest absolute Gasteiger partial charge is 0.315 e. The van der Waals surface area contributed by atoms with Gasteiger partial charge >= 0.3 is 0 Å². The van der Waals surface area contributed by atoms with Crippen LogP contribution in [0.3, 0.4) is 0 Å². The summed E-state index contributed by atoms with van der Waals surface area (Å²) in [6.07, 6.45) is 8.86. The van der Waals surface area contributed by atoms with Gasteiger partial charge in [-0.15, -0.1) is 0 Å². The van der Waals surface area contributed by atoms with Gasteiger partial charge in [-0.1, -0.05) is 25.7 Å². The molecule has 0 aliphatic heterocycles. The van der Waals surface area contributed by atoms with E-state index in [-0.39, 0.29) is 5.75 Å². The van der Waals surface area contributed by atoms with Gasteiger partial charge in [0.05, 0.1) is 5.75 Å². The maximum Gasteiger partial charge on any atom is 0.148 e. The van der Waals surface area contributed by atoms with Crippen LogP contribution < -0.4 is 5.32 Å². The van der Waals surface area contributed by atoms with Gasteiger partial charge in [0, 0.05) is 24.9 Å². The smallest absolute Gasteiger partial charge is 0.148 e. The molecule has 108 valence electrons. The van der Waals surface area contributed by atoms with Crippen LogP contribution >= 0.6 is 0 Å². The molecule has 0 heterocycles. The molecule has 0 bridgehead atoms. The molecule has 0 amide bonds. The van der Waals surface area contributed by atoms with Crippen molar-refractivity contribution >= 4 is 9.84 Å². The molecular formula is C13H28N2O2S. The zero-order valence-corrected chi connectivity index (χ0v) is 12.8. The highest BCUT2D eigenvalue weighted by Gasteiger charge is 2.25. The van der Waals surface area contributed by atoms with Gasteiger partial charge in [0.1, 0.15) is 9.84 Å². The maximum atomic E-state index is 11.3. The highest BCUT2D eigenvalue weighted by molar-refractivity contribution is 7.90. The topological polar surface area (TPSA) is 49.4 Å². The number of sulfone groups is 1. The predicted octanol–water partition coefficient (Wildman–Crippen LogP) is 1.27. The Morgan fingerprint density at radius 3 is 2.33 bits per heavy atom. The normalized spacial score (nSPS) is 26.9. The number of nitrogens with zero attached hydrogens (tertiary/aromatic N) is 1. The summed E-state index contributed by atoms with van der Waals surface area (Å²) in [5.41, 5.74) is 0. The molecule has 0 aromatic carbocycles. The van der Waals surface area contributed by atoms with Crippen LogP contribution in [0.5, 0.6) is 0 Å². The van der Waals surface area contributed by atoms with Crippen molar-refractivity contribution in [1.82, 2.24) is 10.2 Å². The van der Waals surface area contributed by atoms with E-state index in [1.54, 1.807) is 0 Å². The lowest BCUT2D eigenvalue weighted by molar-refractivity contribution is 0.175. The molecule has 1 fully saturated rings. The van der Waals surface area contributed by atoms with E-state index in [2.05, 4.69) is 17.3 Å². The van der Waals surface area contributed by atoms with Crippen molar-refractivity contribution in [3.05, 3.63) is 0 Å². The molecule has 2 unspecified atom stereocenters. The second kappa shape index (κ2) is 7.46. The third-order valence-electron chi connectivity index (χ3n) is 3.98. The van der Waals surface area contributed by atoms with Gasteiger partial charge in [0.2, 0.25) is 0 Å². The zero-order chi connectivity index (χ0) is 13.6. The van der Waals surface area contributed by atoms with E-state index >= 15 is 0 Å². The Morgan fingerprint density at radius 2 is 1.78 bits per heavy atom. The molecule has 0 aromatic rings. The van der Waals surface area contributed by atoms with E-state index in [9.17, 15) is 8.42 Å². The van der Waals surface area contributed by atoms with Crippen LogP contribution in [0.1, 0.15) is 38.5 Å². The van der Waals surface area contributed by atoms with Crippen LogP contribution in [0.4, 0.5) is 0 Å². The predicted molar refractivity (Wildman–Crippen MR) is 76.7 cm³/mol. The van der Waals surface area contributed by atoms with Gasteiger partial charge in [-0.05, 0) is 26.9 Å². The summed E-state index contributed by atoms with van der Waals surface area (Å²) in [4.78, 5) is 2.23. The van der Waals surface area contributed by atoms with E-state index in [0.717, 1.165) is 0 Å². The summed E-state index contributed by atoms with van der Waals surface area (Å²) < 4.78 is 22.5. The van der Waals surface area contributed by atoms with Crippen molar-refractivity contribution in [3.8, 4) is 0 Å². The molecular weight excluding hydrogens is 248 g/mol. The minimum Gasteiger partial charge on any atom is -0.315 e. The van der Waals surface area contributed by atoms with Crippen LogP contribution in [0.2, 0.25) is 0 Å². The monoisotopic (exact) mass is 276 g/mol. The average Bonchev–Trinajstić information content (AvgIpc) is 2.25.